The number of furan rings is 2. The van der Waals surface area contributed by atoms with Crippen molar-refractivity contribution in [3.63, 3.8) is 0 Å². The predicted molar refractivity (Wildman–Crippen MR) is 251 cm³/mol. The van der Waals surface area contributed by atoms with Crippen molar-refractivity contribution in [3.8, 4) is 44.7 Å². The van der Waals surface area contributed by atoms with Crippen LogP contribution in [0.1, 0.15) is 0 Å². The zero-order chi connectivity index (χ0) is 38.6. The van der Waals surface area contributed by atoms with E-state index in [-0.39, 0.29) is 0 Å². The highest BCUT2D eigenvalue weighted by Gasteiger charge is 2.24. The third kappa shape index (κ3) is 4.74. The summed E-state index contributed by atoms with van der Waals surface area (Å²) in [4.78, 5) is 0. The molecule has 0 N–H and O–H groups in total. The molecule has 0 radical (unpaired) electrons. The van der Waals surface area contributed by atoms with Crippen molar-refractivity contribution in [3.05, 3.63) is 194 Å². The summed E-state index contributed by atoms with van der Waals surface area (Å²) in [7, 11) is 0. The van der Waals surface area contributed by atoms with Crippen LogP contribution in [0.2, 0.25) is 0 Å². The molecular weight excluding hydrogens is 737 g/mol. The minimum atomic E-state index is 0.898. The fourth-order valence-electron chi connectivity index (χ4n) is 9.78. The van der Waals surface area contributed by atoms with Crippen LogP contribution < -0.4 is 0 Å². The second kappa shape index (κ2) is 12.5. The van der Waals surface area contributed by atoms with Gasteiger partial charge >= 0.3 is 0 Å². The highest BCUT2D eigenvalue weighted by molar-refractivity contribution is 7.26. The van der Waals surface area contributed by atoms with Crippen molar-refractivity contribution in [2.75, 3.05) is 0 Å². The highest BCUT2D eigenvalue weighted by atomic mass is 32.1. The molecule has 0 aliphatic rings. The molecule has 0 spiro atoms. The van der Waals surface area contributed by atoms with Crippen molar-refractivity contribution in [1.82, 2.24) is 0 Å². The Labute approximate surface area is 342 Å². The maximum absolute atomic E-state index is 6.81. The Balaban J connectivity index is 1.08. The van der Waals surface area contributed by atoms with E-state index in [0.717, 1.165) is 55.5 Å². The Morgan fingerprint density at radius 1 is 0.322 bits per heavy atom. The minimum Gasteiger partial charge on any atom is -0.456 e. The summed E-state index contributed by atoms with van der Waals surface area (Å²) in [6.07, 6.45) is 0. The zero-order valence-electron chi connectivity index (χ0n) is 31.7. The van der Waals surface area contributed by atoms with Crippen LogP contribution in [0.3, 0.4) is 0 Å². The molecule has 0 unspecified atom stereocenters. The maximum atomic E-state index is 6.81. The lowest BCUT2D eigenvalue weighted by Crippen LogP contribution is -1.91. The largest absolute Gasteiger partial charge is 0.456 e. The highest BCUT2D eigenvalue weighted by Crippen LogP contribution is 2.52. The molecule has 13 aromatic rings. The van der Waals surface area contributed by atoms with Gasteiger partial charge in [0.1, 0.15) is 22.5 Å². The van der Waals surface area contributed by atoms with Gasteiger partial charge in [-0.2, -0.15) is 0 Å². The Kier molecular flexibility index (Phi) is 6.92. The molecule has 0 aliphatic heterocycles. The van der Waals surface area contributed by atoms with Crippen LogP contribution in [-0.4, -0.2) is 0 Å². The number of hydrogen-bond donors (Lipinski definition) is 0. The van der Waals surface area contributed by atoms with Crippen LogP contribution in [0, 0.1) is 0 Å². The predicted octanol–water partition coefficient (Wildman–Crippen LogP) is 16.8. The van der Waals surface area contributed by atoms with Crippen LogP contribution in [0.5, 0.6) is 0 Å². The van der Waals surface area contributed by atoms with Gasteiger partial charge in [0.15, 0.2) is 0 Å². The molecule has 0 amide bonds. The van der Waals surface area contributed by atoms with Gasteiger partial charge in [-0.25, -0.2) is 0 Å². The Bertz CT molecular complexity index is 3770. The summed E-state index contributed by atoms with van der Waals surface area (Å²) in [5, 5.41) is 13.3. The van der Waals surface area contributed by atoms with E-state index in [4.69, 9.17) is 8.83 Å². The summed E-state index contributed by atoms with van der Waals surface area (Å²) in [6.45, 7) is 0. The van der Waals surface area contributed by atoms with Crippen LogP contribution in [0.15, 0.2) is 203 Å². The number of hydrogen-bond acceptors (Lipinski definition) is 3. The van der Waals surface area contributed by atoms with Crippen molar-refractivity contribution in [2.45, 2.75) is 0 Å². The lowest BCUT2D eigenvalue weighted by atomic mass is 9.85. The van der Waals surface area contributed by atoms with E-state index >= 15 is 0 Å². The van der Waals surface area contributed by atoms with Crippen molar-refractivity contribution < 1.29 is 8.83 Å². The van der Waals surface area contributed by atoms with Gasteiger partial charge in [-0.05, 0) is 84.9 Å². The molecule has 59 heavy (non-hydrogen) atoms. The molecule has 0 bridgehead atoms. The van der Waals surface area contributed by atoms with Gasteiger partial charge < -0.3 is 8.83 Å². The average molecular weight is 769 g/mol. The van der Waals surface area contributed by atoms with Crippen LogP contribution in [0.25, 0.3) is 130 Å². The average Bonchev–Trinajstić information content (AvgIpc) is 4.00. The van der Waals surface area contributed by atoms with Gasteiger partial charge in [-0.1, -0.05) is 164 Å². The molecule has 0 saturated carbocycles. The fourth-order valence-corrected chi connectivity index (χ4v) is 11.0. The zero-order valence-corrected chi connectivity index (χ0v) is 32.5. The first-order valence-corrected chi connectivity index (χ1v) is 20.9. The van der Waals surface area contributed by atoms with Gasteiger partial charge in [0.2, 0.25) is 0 Å². The van der Waals surface area contributed by atoms with Crippen LogP contribution in [-0.2, 0) is 0 Å². The van der Waals surface area contributed by atoms with E-state index in [0.29, 0.717) is 0 Å². The van der Waals surface area contributed by atoms with Gasteiger partial charge in [0, 0.05) is 53.0 Å². The van der Waals surface area contributed by atoms with Gasteiger partial charge in [-0.3, -0.25) is 0 Å². The standard InChI is InChI=1S/C56H32O2S/c1-3-15-34(16-4-1)50-54-46(58-55(50)35-17-5-2-6-18-35)30-31-48-53(54)44-25-13-24-43(56(44)59-48)51-40-22-11-9-20-38(40)49(39-21-10-12-23-41(39)51)36-26-28-42-47(32-36)57-45-29-27-33-14-7-8-19-37(33)52(42)45/h1-32H. The Morgan fingerprint density at radius 2 is 0.932 bits per heavy atom. The first-order chi connectivity index (χ1) is 29.3. The molecule has 10 aromatic carbocycles. The molecule has 3 heterocycles. The molecule has 274 valence electrons. The first-order valence-electron chi connectivity index (χ1n) is 20.1. The van der Waals surface area contributed by atoms with Gasteiger partial charge in [0.25, 0.3) is 0 Å². The molecule has 0 saturated heterocycles. The molecule has 3 heteroatoms. The van der Waals surface area contributed by atoms with Crippen LogP contribution >= 0.6 is 11.3 Å². The summed E-state index contributed by atoms with van der Waals surface area (Å²) in [5.41, 5.74) is 10.9. The van der Waals surface area contributed by atoms with Gasteiger partial charge in [0.05, 0.1) is 0 Å². The van der Waals surface area contributed by atoms with Crippen molar-refractivity contribution in [2.24, 2.45) is 0 Å². The number of benzene rings is 10. The topological polar surface area (TPSA) is 26.3 Å². The summed E-state index contributed by atoms with van der Waals surface area (Å²) in [6, 6.07) is 69.9. The molecule has 13 rings (SSSR count). The molecular formula is C56H32O2S. The number of fused-ring (bicyclic) bond motifs is 12. The quantitative estimate of drug-likeness (QED) is 0.167. The lowest BCUT2D eigenvalue weighted by molar-refractivity contribution is 0.632. The first kappa shape index (κ1) is 32.6. The Hall–Kier alpha value is -7.46. The molecule has 0 atom stereocenters. The normalized spacial score (nSPS) is 12.1. The molecule has 0 fully saturated rings. The minimum absolute atomic E-state index is 0.898. The summed E-state index contributed by atoms with van der Waals surface area (Å²) < 4.78 is 15.9. The second-order valence-corrected chi connectivity index (χ2v) is 16.5. The van der Waals surface area contributed by atoms with Crippen LogP contribution in [0.4, 0.5) is 0 Å². The molecule has 2 nitrogen and oxygen atoms in total. The maximum Gasteiger partial charge on any atom is 0.143 e. The molecule has 0 aliphatic carbocycles. The van der Waals surface area contributed by atoms with E-state index < -0.39 is 0 Å². The Morgan fingerprint density at radius 3 is 1.68 bits per heavy atom. The summed E-state index contributed by atoms with van der Waals surface area (Å²) in [5.74, 6) is 0.900. The van der Waals surface area contributed by atoms with E-state index in [1.807, 2.05) is 11.3 Å². The SMILES string of the molecule is c1ccc(-c2oc3ccc4sc5c(-c6c7ccccc7c(-c7ccc8c(c7)oc7ccc9ccccc9c78)c7ccccc67)cccc5c4c3c2-c2ccccc2)cc1. The van der Waals surface area contributed by atoms with E-state index in [2.05, 4.69) is 194 Å². The van der Waals surface area contributed by atoms with E-state index in [1.165, 1.54) is 74.6 Å². The smallest absolute Gasteiger partial charge is 0.143 e. The second-order valence-electron chi connectivity index (χ2n) is 15.4. The third-order valence-electron chi connectivity index (χ3n) is 12.3. The van der Waals surface area contributed by atoms with Crippen molar-refractivity contribution >= 4 is 96.7 Å². The van der Waals surface area contributed by atoms with Crippen molar-refractivity contribution in [1.29, 1.82) is 0 Å². The lowest BCUT2D eigenvalue weighted by Gasteiger charge is -2.18. The number of thiophene rings is 1. The summed E-state index contributed by atoms with van der Waals surface area (Å²) >= 11 is 1.87. The third-order valence-corrected chi connectivity index (χ3v) is 13.5. The number of rotatable bonds is 4. The van der Waals surface area contributed by atoms with E-state index in [1.54, 1.807) is 0 Å². The fraction of sp³-hybridized carbons (Fsp3) is 0. The van der Waals surface area contributed by atoms with E-state index in [9.17, 15) is 0 Å². The monoisotopic (exact) mass is 768 g/mol. The van der Waals surface area contributed by atoms with Gasteiger partial charge in [-0.15, -0.1) is 11.3 Å². The molecule has 3 aromatic heterocycles.